The highest BCUT2D eigenvalue weighted by Gasteiger charge is 2.75. The van der Waals surface area contributed by atoms with E-state index in [2.05, 4.69) is 38.2 Å². The summed E-state index contributed by atoms with van der Waals surface area (Å²) in [4.78, 5) is 11.0. The minimum Gasteiger partial charge on any atom is -0.291 e. The first kappa shape index (κ1) is 36.8. The van der Waals surface area contributed by atoms with Gasteiger partial charge in [-0.3, -0.25) is 14.7 Å². The van der Waals surface area contributed by atoms with Crippen LogP contribution in [0.1, 0.15) is 173 Å². The van der Waals surface area contributed by atoms with Crippen LogP contribution in [-0.2, 0) is 0 Å². The summed E-state index contributed by atoms with van der Waals surface area (Å²) in [5.74, 6) is 14.8. The molecule has 0 bridgehead atoms. The first-order chi connectivity index (χ1) is 29.3. The van der Waals surface area contributed by atoms with Crippen LogP contribution in [0.5, 0.6) is 0 Å². The van der Waals surface area contributed by atoms with Crippen LogP contribution in [-0.4, -0.2) is 90.1 Å². The Morgan fingerprint density at radius 1 is 0.254 bits per heavy atom. The van der Waals surface area contributed by atoms with Crippen molar-refractivity contribution in [3.63, 3.8) is 0 Å². The van der Waals surface area contributed by atoms with Gasteiger partial charge in [0.05, 0.1) is 0 Å². The number of fused-ring (bicyclic) bond motifs is 22. The molecule has 6 heterocycles. The molecule has 59 heavy (non-hydrogen) atoms. The highest BCUT2D eigenvalue weighted by Crippen LogP contribution is 2.70. The molecule has 0 aromatic carbocycles. The van der Waals surface area contributed by atoms with E-state index in [9.17, 15) is 0 Å². The Hall–Kier alpha value is 0.580. The van der Waals surface area contributed by atoms with E-state index < -0.39 is 0 Å². The fraction of sp³-hybridized carbons (Fsp3) is 1.00. The molecule has 324 valence electrons. The Labute approximate surface area is 368 Å². The van der Waals surface area contributed by atoms with E-state index in [1.807, 2.05) is 0 Å². The van der Waals surface area contributed by atoms with Crippen molar-refractivity contribution < 1.29 is 0 Å². The van der Waals surface area contributed by atoms with Gasteiger partial charge in [0.25, 0.3) is 0 Å². The van der Waals surface area contributed by atoms with Crippen LogP contribution in [0.3, 0.4) is 0 Å². The molecule has 10 aliphatic carbocycles. The summed E-state index contributed by atoms with van der Waals surface area (Å²) in [5.41, 5.74) is 0. The van der Waals surface area contributed by atoms with Crippen molar-refractivity contribution >= 4 is 23.5 Å². The molecule has 27 atom stereocenters. The summed E-state index contributed by atoms with van der Waals surface area (Å²) in [5, 5.41) is 4.08. The highest BCUT2D eigenvalue weighted by molar-refractivity contribution is 8.01. The third kappa shape index (κ3) is 4.90. The molecule has 16 fully saturated rings. The van der Waals surface area contributed by atoms with Crippen LogP contribution in [0.4, 0.5) is 0 Å². The summed E-state index contributed by atoms with van der Waals surface area (Å²) in [6, 6.07) is 8.17. The molecule has 0 aromatic heterocycles. The van der Waals surface area contributed by atoms with Crippen molar-refractivity contribution in [3.8, 4) is 0 Å². The highest BCUT2D eigenvalue weighted by atomic mass is 32.2. The van der Waals surface area contributed by atoms with Gasteiger partial charge in [0.2, 0.25) is 0 Å². The molecule has 16 rings (SSSR count). The van der Waals surface area contributed by atoms with E-state index in [1.54, 1.807) is 161 Å². The predicted octanol–water partition coefficient (Wildman–Crippen LogP) is 11.5. The Morgan fingerprint density at radius 2 is 0.661 bits per heavy atom. The third-order valence-electron chi connectivity index (χ3n) is 24.9. The lowest BCUT2D eigenvalue weighted by molar-refractivity contribution is -0.229. The zero-order valence-electron chi connectivity index (χ0n) is 36.8. The average Bonchev–Trinajstić information content (AvgIpc) is 4.02. The smallest absolute Gasteiger partial charge is 0.0417 e. The maximum Gasteiger partial charge on any atom is 0.0417 e. The van der Waals surface area contributed by atoms with Gasteiger partial charge in [-0.2, -0.15) is 23.5 Å². The molecule has 0 aromatic rings. The quantitative estimate of drug-likeness (QED) is 0.240. The Morgan fingerprint density at radius 3 is 1.22 bits per heavy atom. The molecule has 10 saturated carbocycles. The first-order valence-electron chi connectivity index (χ1n) is 27.9. The molecular weight excluding hydrogens is 755 g/mol. The normalized spacial score (nSPS) is 64.0. The van der Waals surface area contributed by atoms with E-state index in [4.69, 9.17) is 0 Å². The largest absolute Gasteiger partial charge is 0.291 e. The van der Waals surface area contributed by atoms with Crippen LogP contribution < -0.4 is 0 Å². The topological polar surface area (TPSA) is 9.72 Å². The minimum absolute atomic E-state index is 0.865. The van der Waals surface area contributed by atoms with Crippen molar-refractivity contribution in [1.29, 1.82) is 0 Å². The summed E-state index contributed by atoms with van der Waals surface area (Å²) in [6.07, 6.45) is 42.9. The lowest BCUT2D eigenvalue weighted by Gasteiger charge is -2.72. The Kier molecular flexibility index (Phi) is 8.46. The van der Waals surface area contributed by atoms with Gasteiger partial charge in [-0.25, -0.2) is 0 Å². The van der Waals surface area contributed by atoms with Crippen molar-refractivity contribution in [2.24, 2.45) is 82.9 Å². The molecule has 3 nitrogen and oxygen atoms in total. The Balaban J connectivity index is 0.849. The molecule has 16 aliphatic rings. The maximum absolute atomic E-state index is 3.70. The number of piperazine rings is 2. The molecular formula is C54H81N3S2. The molecule has 0 radical (unpaired) electrons. The maximum atomic E-state index is 3.70. The summed E-state index contributed by atoms with van der Waals surface area (Å²) < 4.78 is 0. The fourth-order valence-electron chi connectivity index (χ4n) is 23.7. The standard InChI is InChI=1S/C54H81N3S2/c1-4-14-31-28(11-1)21-42-52-49(31)38-24-36-34-17-7-9-19-45(34)58-47(36)26-40(38)55(52)44-23-30-13-3-6-16-33(30)51-54(44)56(42)43-22-29-12-2-5-15-32(29)50-39-25-37-35-18-8-10-20-46(35)59-48(37)27-41(39)57(51)53(43)50/h28-54H,1-27H2. The predicted molar refractivity (Wildman–Crippen MR) is 243 cm³/mol. The lowest BCUT2D eigenvalue weighted by Crippen LogP contribution is -2.84. The third-order valence-corrected chi connectivity index (χ3v) is 28.5. The zero-order valence-corrected chi connectivity index (χ0v) is 38.5. The van der Waals surface area contributed by atoms with Crippen molar-refractivity contribution in [2.45, 2.75) is 249 Å². The van der Waals surface area contributed by atoms with E-state index in [0.717, 1.165) is 158 Å². The van der Waals surface area contributed by atoms with Crippen molar-refractivity contribution in [1.82, 2.24) is 14.7 Å². The van der Waals surface area contributed by atoms with Crippen LogP contribution in [0.15, 0.2) is 0 Å². The number of rotatable bonds is 0. The van der Waals surface area contributed by atoms with Crippen LogP contribution >= 0.6 is 23.5 Å². The van der Waals surface area contributed by atoms with Crippen LogP contribution in [0.2, 0.25) is 0 Å². The van der Waals surface area contributed by atoms with Gasteiger partial charge in [0, 0.05) is 75.4 Å². The molecule has 5 heteroatoms. The molecule has 0 spiro atoms. The second kappa shape index (κ2) is 13.6. The molecule has 0 amide bonds. The summed E-state index contributed by atoms with van der Waals surface area (Å²) in [7, 11) is 0. The zero-order chi connectivity index (χ0) is 37.8. The molecule has 27 unspecified atom stereocenters. The van der Waals surface area contributed by atoms with Gasteiger partial charge in [-0.05, 0) is 173 Å². The number of thioether (sulfide) groups is 2. The first-order valence-corrected chi connectivity index (χ1v) is 29.8. The van der Waals surface area contributed by atoms with E-state index in [-0.39, 0.29) is 0 Å². The molecule has 0 N–H and O–H groups in total. The Bertz CT molecular complexity index is 1660. The van der Waals surface area contributed by atoms with Crippen LogP contribution in [0.25, 0.3) is 0 Å². The van der Waals surface area contributed by atoms with E-state index in [0.29, 0.717) is 0 Å². The van der Waals surface area contributed by atoms with Gasteiger partial charge >= 0.3 is 0 Å². The summed E-state index contributed by atoms with van der Waals surface area (Å²) in [6.45, 7) is 0. The van der Waals surface area contributed by atoms with Crippen LogP contribution in [0, 0.1) is 82.9 Å². The van der Waals surface area contributed by atoms with Gasteiger partial charge in [-0.15, -0.1) is 0 Å². The number of hydrogen-bond acceptors (Lipinski definition) is 5. The SMILES string of the molecule is C1CCC2C(C1)CC1C3C2C2CC4C(CC2N3C2CC3CCCCC3C3C2N1C1CC2CCCCC2C2C5CC6C(CC5N3C21)SC1CCCCC16)SC1CCCCC14. The molecule has 6 aliphatic heterocycles. The monoisotopic (exact) mass is 836 g/mol. The minimum atomic E-state index is 0.865. The fourth-order valence-corrected chi connectivity index (χ4v) is 27.9. The summed E-state index contributed by atoms with van der Waals surface area (Å²) >= 11 is 5.19. The number of hydrogen-bond donors (Lipinski definition) is 0. The van der Waals surface area contributed by atoms with E-state index >= 15 is 0 Å². The second-order valence-electron chi connectivity index (χ2n) is 26.0. The van der Waals surface area contributed by atoms with Gasteiger partial charge in [0.1, 0.15) is 0 Å². The second-order valence-corrected chi connectivity index (χ2v) is 29.0. The number of nitrogens with zero attached hydrogens (tertiary/aromatic N) is 3. The van der Waals surface area contributed by atoms with Gasteiger partial charge in [-0.1, -0.05) is 83.5 Å². The lowest BCUT2D eigenvalue weighted by atomic mass is 9.53. The van der Waals surface area contributed by atoms with Crippen molar-refractivity contribution in [3.05, 3.63) is 0 Å². The van der Waals surface area contributed by atoms with Gasteiger partial charge in [0.15, 0.2) is 0 Å². The van der Waals surface area contributed by atoms with Gasteiger partial charge < -0.3 is 0 Å². The van der Waals surface area contributed by atoms with E-state index in [1.165, 1.54) is 12.8 Å². The van der Waals surface area contributed by atoms with Crippen molar-refractivity contribution in [2.75, 3.05) is 0 Å². The average molecular weight is 836 g/mol. The molecule has 6 saturated heterocycles.